The molecule has 2 heterocycles. The average molecular weight is 479 g/mol. The molecule has 0 bridgehead atoms. The fourth-order valence-corrected chi connectivity index (χ4v) is 6.77. The summed E-state index contributed by atoms with van der Waals surface area (Å²) in [4.78, 5) is 11.3. The molecule has 3 atom stereocenters. The highest BCUT2D eigenvalue weighted by Crippen LogP contribution is 2.33. The molecule has 0 saturated carbocycles. The number of hydrogen-bond donors (Lipinski definition) is 0. The predicted octanol–water partition coefficient (Wildman–Crippen LogP) is 6.21. The zero-order valence-corrected chi connectivity index (χ0v) is 25.5. The van der Waals surface area contributed by atoms with Crippen LogP contribution in [0.15, 0.2) is 0 Å². The number of rotatable bonds is 6. The molecule has 2 saturated heterocycles. The van der Waals surface area contributed by atoms with Crippen molar-refractivity contribution in [1.82, 2.24) is 19.6 Å². The maximum atomic E-state index is 2.85. The fourth-order valence-electron chi connectivity index (χ4n) is 6.77. The van der Waals surface area contributed by atoms with Crippen molar-refractivity contribution in [3.63, 3.8) is 0 Å². The van der Waals surface area contributed by atoms with Crippen molar-refractivity contribution in [1.29, 1.82) is 0 Å². The van der Waals surface area contributed by atoms with Crippen molar-refractivity contribution in [2.24, 2.45) is 11.3 Å². The Morgan fingerprint density at radius 1 is 0.735 bits per heavy atom. The maximum absolute atomic E-state index is 2.85. The maximum Gasteiger partial charge on any atom is 0.0274 e. The van der Waals surface area contributed by atoms with Crippen molar-refractivity contribution in [2.75, 3.05) is 39.3 Å². The van der Waals surface area contributed by atoms with Gasteiger partial charge in [0.25, 0.3) is 0 Å². The minimum absolute atomic E-state index is 0.210. The highest BCUT2D eigenvalue weighted by molar-refractivity contribution is 4.96. The van der Waals surface area contributed by atoms with Gasteiger partial charge in [-0.25, -0.2) is 0 Å². The molecule has 0 spiro atoms. The van der Waals surface area contributed by atoms with E-state index in [1.807, 2.05) is 0 Å². The van der Waals surface area contributed by atoms with Gasteiger partial charge >= 0.3 is 0 Å². The van der Waals surface area contributed by atoms with E-state index in [0.29, 0.717) is 35.5 Å². The lowest BCUT2D eigenvalue weighted by Gasteiger charge is -2.47. The zero-order valence-electron chi connectivity index (χ0n) is 25.5. The molecule has 0 aromatic heterocycles. The summed E-state index contributed by atoms with van der Waals surface area (Å²) in [6, 6.07) is 2.46. The van der Waals surface area contributed by atoms with Gasteiger partial charge in [0.15, 0.2) is 0 Å². The van der Waals surface area contributed by atoms with Gasteiger partial charge in [-0.1, -0.05) is 34.6 Å². The van der Waals surface area contributed by atoms with Crippen molar-refractivity contribution in [3.8, 4) is 0 Å². The van der Waals surface area contributed by atoms with E-state index in [4.69, 9.17) is 0 Å². The molecule has 0 aliphatic carbocycles. The molecule has 2 fully saturated rings. The van der Waals surface area contributed by atoms with E-state index in [1.165, 1.54) is 58.5 Å². The predicted molar refractivity (Wildman–Crippen MR) is 151 cm³/mol. The molecule has 0 aromatic carbocycles. The van der Waals surface area contributed by atoms with Gasteiger partial charge in [-0.15, -0.1) is 0 Å². The van der Waals surface area contributed by atoms with E-state index in [-0.39, 0.29) is 11.1 Å². The normalized spacial score (nSPS) is 27.3. The first kappa shape index (κ1) is 30.1. The fraction of sp³-hybridized carbons (Fsp3) is 1.00. The minimum Gasteiger partial charge on any atom is -0.299 e. The van der Waals surface area contributed by atoms with Gasteiger partial charge in [0.1, 0.15) is 0 Å². The van der Waals surface area contributed by atoms with Crippen molar-refractivity contribution in [3.05, 3.63) is 0 Å². The van der Waals surface area contributed by atoms with Crippen LogP contribution in [0.1, 0.15) is 109 Å². The van der Waals surface area contributed by atoms with Gasteiger partial charge in [0.2, 0.25) is 0 Å². The Morgan fingerprint density at radius 2 is 1.32 bits per heavy atom. The lowest BCUT2D eigenvalue weighted by molar-refractivity contribution is 0.0197. The molecule has 0 amide bonds. The van der Waals surface area contributed by atoms with Crippen LogP contribution in [-0.4, -0.2) is 94.1 Å². The summed E-state index contributed by atoms with van der Waals surface area (Å²) in [5.74, 6) is 0.674. The summed E-state index contributed by atoms with van der Waals surface area (Å²) in [6.45, 7) is 39.0. The Labute approximate surface area is 214 Å². The van der Waals surface area contributed by atoms with Crippen LogP contribution in [0.5, 0.6) is 0 Å². The SMILES string of the molecule is CC(C)[C@@H]1CN(C(C)(C)CC(C)N2CCCN(C(C)C)[C@@H](C(C)(C)C)C2)CCCN1C(C)(C)C. The van der Waals surface area contributed by atoms with E-state index in [0.717, 1.165) is 0 Å². The highest BCUT2D eigenvalue weighted by atomic mass is 15.3. The summed E-state index contributed by atoms with van der Waals surface area (Å²) >= 11 is 0. The third-order valence-corrected chi connectivity index (χ3v) is 8.87. The van der Waals surface area contributed by atoms with Crippen molar-refractivity contribution < 1.29 is 0 Å². The molecule has 202 valence electrons. The van der Waals surface area contributed by atoms with Crippen molar-refractivity contribution in [2.45, 2.75) is 145 Å². The molecular formula is C30H62N4. The van der Waals surface area contributed by atoms with Crippen molar-refractivity contribution >= 4 is 0 Å². The standard InChI is InChI=1S/C30H62N4/c1-23(2)26-21-32(17-15-19-34(26)29(9,10)11)30(12,13)20-25(5)31-16-14-18-33(24(3)4)27(22-31)28(6,7)8/h23-27H,14-22H2,1-13H3/t25?,26-,27+/m0/s1. The van der Waals surface area contributed by atoms with Gasteiger partial charge in [-0.2, -0.15) is 0 Å². The third kappa shape index (κ3) is 7.67. The molecular weight excluding hydrogens is 416 g/mol. The van der Waals surface area contributed by atoms with Gasteiger partial charge in [-0.3, -0.25) is 19.6 Å². The van der Waals surface area contributed by atoms with Crippen LogP contribution in [0.4, 0.5) is 0 Å². The largest absolute Gasteiger partial charge is 0.299 e. The Bertz CT molecular complexity index is 612. The summed E-state index contributed by atoms with van der Waals surface area (Å²) < 4.78 is 0. The van der Waals surface area contributed by atoms with Gasteiger partial charge < -0.3 is 0 Å². The zero-order chi connectivity index (χ0) is 26.1. The monoisotopic (exact) mass is 478 g/mol. The van der Waals surface area contributed by atoms with Crippen LogP contribution in [0.25, 0.3) is 0 Å². The van der Waals surface area contributed by atoms with Crippen LogP contribution in [0, 0.1) is 11.3 Å². The Hall–Kier alpha value is -0.160. The van der Waals surface area contributed by atoms with E-state index in [9.17, 15) is 0 Å². The molecule has 0 aromatic rings. The van der Waals surface area contributed by atoms with Gasteiger partial charge in [0.05, 0.1) is 0 Å². The van der Waals surface area contributed by atoms with Gasteiger partial charge in [0, 0.05) is 54.9 Å². The summed E-state index contributed by atoms with van der Waals surface area (Å²) in [6.07, 6.45) is 3.80. The molecule has 0 N–H and O–H groups in total. The molecule has 4 nitrogen and oxygen atoms in total. The molecule has 34 heavy (non-hydrogen) atoms. The summed E-state index contributed by atoms with van der Waals surface area (Å²) in [5.41, 5.74) is 0.744. The Morgan fingerprint density at radius 3 is 1.82 bits per heavy atom. The highest BCUT2D eigenvalue weighted by Gasteiger charge is 2.40. The molecule has 0 radical (unpaired) electrons. The van der Waals surface area contributed by atoms with Crippen LogP contribution in [0.3, 0.4) is 0 Å². The third-order valence-electron chi connectivity index (χ3n) is 8.87. The van der Waals surface area contributed by atoms with E-state index < -0.39 is 0 Å². The molecule has 2 aliphatic rings. The average Bonchev–Trinajstić information content (AvgIpc) is 3.04. The van der Waals surface area contributed by atoms with Gasteiger partial charge in [-0.05, 0) is 106 Å². The van der Waals surface area contributed by atoms with E-state index >= 15 is 0 Å². The Balaban J connectivity index is 2.16. The lowest BCUT2D eigenvalue weighted by atomic mass is 9.84. The first-order chi connectivity index (χ1) is 15.4. The van der Waals surface area contributed by atoms with Crippen LogP contribution in [0.2, 0.25) is 0 Å². The smallest absolute Gasteiger partial charge is 0.0274 e. The second-order valence-corrected chi connectivity index (χ2v) is 14.9. The van der Waals surface area contributed by atoms with Crippen LogP contribution >= 0.6 is 0 Å². The van der Waals surface area contributed by atoms with Crippen LogP contribution in [-0.2, 0) is 0 Å². The molecule has 2 rings (SSSR count). The number of nitrogens with zero attached hydrogens (tertiary/aromatic N) is 4. The minimum atomic E-state index is 0.210. The lowest BCUT2D eigenvalue weighted by Crippen LogP contribution is -2.57. The summed E-state index contributed by atoms with van der Waals surface area (Å²) in [7, 11) is 0. The van der Waals surface area contributed by atoms with E-state index in [1.54, 1.807) is 0 Å². The molecule has 1 unspecified atom stereocenters. The summed E-state index contributed by atoms with van der Waals surface area (Å²) in [5, 5.41) is 0. The van der Waals surface area contributed by atoms with Crippen LogP contribution < -0.4 is 0 Å². The van der Waals surface area contributed by atoms with E-state index in [2.05, 4.69) is 110 Å². The molecule has 2 aliphatic heterocycles. The topological polar surface area (TPSA) is 13.0 Å². The second kappa shape index (κ2) is 11.5. The second-order valence-electron chi connectivity index (χ2n) is 14.9. The first-order valence-corrected chi connectivity index (χ1v) is 14.5. The first-order valence-electron chi connectivity index (χ1n) is 14.5. The number of hydrogen-bond acceptors (Lipinski definition) is 4. The Kier molecular flexibility index (Phi) is 10.2. The quantitative estimate of drug-likeness (QED) is 0.450. The molecule has 4 heteroatoms.